The molecule has 346 valence electrons. The van der Waals surface area contributed by atoms with Gasteiger partial charge < -0.3 is 24.3 Å². The summed E-state index contributed by atoms with van der Waals surface area (Å²) in [4.78, 5) is 62.2. The molecule has 0 bridgehead atoms. The molecular formula is C49H91NO9. The Morgan fingerprint density at radius 3 is 1.03 bits per heavy atom. The van der Waals surface area contributed by atoms with E-state index in [9.17, 15) is 24.0 Å². The molecule has 1 amide bonds. The molecule has 0 heterocycles. The molecule has 0 aromatic heterocycles. The van der Waals surface area contributed by atoms with Gasteiger partial charge in [-0.2, -0.15) is 0 Å². The number of carbonyl (C=O) groups excluding carboxylic acids is 5. The average Bonchev–Trinajstić information content (AvgIpc) is 3.18. The summed E-state index contributed by atoms with van der Waals surface area (Å²) in [6.07, 6.45) is 35.8. The Kier molecular flexibility index (Phi) is 38.9. The summed E-state index contributed by atoms with van der Waals surface area (Å²) in [7, 11) is 0. The van der Waals surface area contributed by atoms with Gasteiger partial charge in [0.2, 0.25) is 0 Å². The second-order valence-corrected chi connectivity index (χ2v) is 17.1. The minimum atomic E-state index is -1.12. The van der Waals surface area contributed by atoms with Gasteiger partial charge >= 0.3 is 23.9 Å². The zero-order valence-electron chi connectivity index (χ0n) is 39.0. The third-order valence-electron chi connectivity index (χ3n) is 11.2. The Bertz CT molecular complexity index is 1050. The van der Waals surface area contributed by atoms with Crippen molar-refractivity contribution in [2.75, 3.05) is 6.61 Å². The lowest BCUT2D eigenvalue weighted by atomic mass is 9.98. The van der Waals surface area contributed by atoms with Crippen molar-refractivity contribution < 1.29 is 42.9 Å². The summed E-state index contributed by atoms with van der Waals surface area (Å²) in [6, 6.07) is -1.04. The number of unbranched alkanes of at least 4 members (excludes halogenated alkanes) is 29. The minimum absolute atomic E-state index is 0.318. The van der Waals surface area contributed by atoms with E-state index in [4.69, 9.17) is 18.9 Å². The van der Waals surface area contributed by atoms with Gasteiger partial charge in [0.05, 0.1) is 0 Å². The predicted octanol–water partition coefficient (Wildman–Crippen LogP) is 12.7. The van der Waals surface area contributed by atoms with Crippen molar-refractivity contribution in [1.29, 1.82) is 0 Å². The lowest BCUT2D eigenvalue weighted by Gasteiger charge is -2.33. The number of nitrogens with one attached hydrogen (secondary N) is 1. The number of carbonyl (C=O) groups is 5. The lowest BCUT2D eigenvalue weighted by Crippen LogP contribution is -2.56. The van der Waals surface area contributed by atoms with E-state index in [1.54, 1.807) is 0 Å². The Labute approximate surface area is 361 Å². The van der Waals surface area contributed by atoms with Crippen molar-refractivity contribution in [1.82, 2.24) is 5.32 Å². The summed E-state index contributed by atoms with van der Waals surface area (Å²) in [6.45, 7) is 9.21. The van der Waals surface area contributed by atoms with E-state index in [0.717, 1.165) is 44.9 Å². The zero-order valence-corrected chi connectivity index (χ0v) is 39.0. The summed E-state index contributed by atoms with van der Waals surface area (Å²) < 4.78 is 22.1. The van der Waals surface area contributed by atoms with Crippen LogP contribution in [0.5, 0.6) is 0 Å². The van der Waals surface area contributed by atoms with Crippen LogP contribution in [0.1, 0.15) is 253 Å². The molecule has 0 aliphatic heterocycles. The monoisotopic (exact) mass is 838 g/mol. The van der Waals surface area contributed by atoms with Crippen LogP contribution >= 0.6 is 0 Å². The van der Waals surface area contributed by atoms with Crippen LogP contribution in [0.15, 0.2) is 0 Å². The third-order valence-corrected chi connectivity index (χ3v) is 11.2. The van der Waals surface area contributed by atoms with Crippen LogP contribution in [0.25, 0.3) is 0 Å². The highest BCUT2D eigenvalue weighted by molar-refractivity contribution is 5.83. The molecule has 4 unspecified atom stereocenters. The van der Waals surface area contributed by atoms with Gasteiger partial charge in [-0.1, -0.05) is 200 Å². The van der Waals surface area contributed by atoms with Crippen LogP contribution in [-0.2, 0) is 42.9 Å². The predicted molar refractivity (Wildman–Crippen MR) is 239 cm³/mol. The van der Waals surface area contributed by atoms with Gasteiger partial charge in [-0.25, -0.2) is 0 Å². The largest absolute Gasteiger partial charge is 0.464 e. The van der Waals surface area contributed by atoms with E-state index in [2.05, 4.69) is 19.2 Å². The van der Waals surface area contributed by atoms with Gasteiger partial charge in [0.1, 0.15) is 18.8 Å². The summed E-state index contributed by atoms with van der Waals surface area (Å²) >= 11 is 0. The second-order valence-electron chi connectivity index (χ2n) is 17.1. The maximum atomic E-state index is 13.7. The van der Waals surface area contributed by atoms with Gasteiger partial charge in [-0.05, 0) is 25.7 Å². The molecule has 0 spiro atoms. The molecule has 0 saturated heterocycles. The van der Waals surface area contributed by atoms with Crippen molar-refractivity contribution in [2.45, 2.75) is 278 Å². The van der Waals surface area contributed by atoms with Crippen molar-refractivity contribution in [2.24, 2.45) is 0 Å². The molecule has 0 aliphatic rings. The van der Waals surface area contributed by atoms with Gasteiger partial charge in [0.15, 0.2) is 12.2 Å². The van der Waals surface area contributed by atoms with Crippen LogP contribution in [0.3, 0.4) is 0 Å². The Balaban J connectivity index is 4.85. The first-order valence-electron chi connectivity index (χ1n) is 24.5. The molecule has 0 fully saturated rings. The van der Waals surface area contributed by atoms with Gasteiger partial charge in [-0.3, -0.25) is 24.0 Å². The van der Waals surface area contributed by atoms with Crippen LogP contribution in [0, 0.1) is 0 Å². The van der Waals surface area contributed by atoms with Crippen LogP contribution in [0.2, 0.25) is 0 Å². The van der Waals surface area contributed by atoms with E-state index >= 15 is 0 Å². The molecular weight excluding hydrogens is 747 g/mol. The van der Waals surface area contributed by atoms with Crippen molar-refractivity contribution in [3.63, 3.8) is 0 Å². The summed E-state index contributed by atoms with van der Waals surface area (Å²) in [5.41, 5.74) is 0. The fourth-order valence-electron chi connectivity index (χ4n) is 7.85. The second kappa shape index (κ2) is 40.7. The minimum Gasteiger partial charge on any atom is -0.464 e. The maximum Gasteiger partial charge on any atom is 0.303 e. The van der Waals surface area contributed by atoms with Crippen LogP contribution < -0.4 is 5.32 Å². The number of amides is 1. The quantitative estimate of drug-likeness (QED) is 0.0362. The van der Waals surface area contributed by atoms with E-state index < -0.39 is 54.1 Å². The van der Waals surface area contributed by atoms with Crippen LogP contribution in [-0.4, -0.2) is 60.7 Å². The number of rotatable bonds is 42. The SMILES string of the molecule is CCCCCCCCCCCCCCCCCCCCCCCC(OC(C)=O)C(=O)NC(COC(C)=O)C(OC(C)=O)C(CCCCCCCCCCCC)OC(C)=O. The summed E-state index contributed by atoms with van der Waals surface area (Å²) in [5, 5.41) is 2.83. The molecule has 10 nitrogen and oxygen atoms in total. The third kappa shape index (κ3) is 36.9. The van der Waals surface area contributed by atoms with Crippen molar-refractivity contribution in [3.05, 3.63) is 0 Å². The van der Waals surface area contributed by atoms with E-state index in [1.807, 2.05) is 0 Å². The standard InChI is InChI=1S/C49H91NO9/c1-7-9-11-13-15-17-19-20-21-22-23-24-25-26-27-28-29-31-33-35-37-39-47(58-43(5)53)49(55)50-45(40-56-41(3)51)48(59-44(6)54)46(57-42(4)52)38-36-34-32-30-18-16-14-12-10-8-2/h45-48H,7-40H2,1-6H3,(H,50,55). The molecule has 59 heavy (non-hydrogen) atoms. The zero-order chi connectivity index (χ0) is 43.8. The smallest absolute Gasteiger partial charge is 0.303 e. The van der Waals surface area contributed by atoms with Crippen LogP contribution in [0.4, 0.5) is 0 Å². The molecule has 4 atom stereocenters. The van der Waals surface area contributed by atoms with E-state index in [-0.39, 0.29) is 6.61 Å². The number of ether oxygens (including phenoxy) is 4. The first-order chi connectivity index (χ1) is 28.5. The molecule has 0 aromatic rings. The number of hydrogen-bond donors (Lipinski definition) is 1. The first-order valence-corrected chi connectivity index (χ1v) is 24.5. The maximum absolute atomic E-state index is 13.7. The van der Waals surface area contributed by atoms with Crippen molar-refractivity contribution in [3.8, 4) is 0 Å². The molecule has 0 aromatic carbocycles. The normalized spacial score (nSPS) is 13.3. The summed E-state index contributed by atoms with van der Waals surface area (Å²) in [5.74, 6) is -2.93. The fourth-order valence-corrected chi connectivity index (χ4v) is 7.85. The molecule has 0 rings (SSSR count). The van der Waals surface area contributed by atoms with Gasteiger partial charge in [0, 0.05) is 27.7 Å². The number of esters is 4. The molecule has 1 N–H and O–H groups in total. The average molecular weight is 838 g/mol. The lowest BCUT2D eigenvalue weighted by molar-refractivity contribution is -0.172. The van der Waals surface area contributed by atoms with E-state index in [1.165, 1.54) is 175 Å². The Morgan fingerprint density at radius 2 is 0.712 bits per heavy atom. The molecule has 0 saturated carbocycles. The first kappa shape index (κ1) is 56.4. The van der Waals surface area contributed by atoms with Crippen molar-refractivity contribution >= 4 is 29.8 Å². The topological polar surface area (TPSA) is 134 Å². The highest BCUT2D eigenvalue weighted by atomic mass is 16.6. The Morgan fingerprint density at radius 1 is 0.390 bits per heavy atom. The fraction of sp³-hybridized carbons (Fsp3) is 0.898. The van der Waals surface area contributed by atoms with Gasteiger partial charge in [0.25, 0.3) is 5.91 Å². The molecule has 0 radical (unpaired) electrons. The highest BCUT2D eigenvalue weighted by Crippen LogP contribution is 2.21. The van der Waals surface area contributed by atoms with E-state index in [0.29, 0.717) is 19.3 Å². The highest BCUT2D eigenvalue weighted by Gasteiger charge is 2.38. The molecule has 10 heteroatoms. The van der Waals surface area contributed by atoms with Gasteiger partial charge in [-0.15, -0.1) is 0 Å². The number of hydrogen-bond acceptors (Lipinski definition) is 9. The Hall–Kier alpha value is -2.65. The molecule has 0 aliphatic carbocycles.